The van der Waals surface area contributed by atoms with E-state index in [-0.39, 0.29) is 16.7 Å². The fourth-order valence-corrected chi connectivity index (χ4v) is 7.62. The summed E-state index contributed by atoms with van der Waals surface area (Å²) in [5.41, 5.74) is 3.69. The van der Waals surface area contributed by atoms with E-state index < -0.39 is 17.1 Å². The zero-order valence-corrected chi connectivity index (χ0v) is 22.9. The Bertz CT molecular complexity index is 1550. The van der Waals surface area contributed by atoms with E-state index in [0.717, 1.165) is 31.8 Å². The molecule has 186 valence electrons. The molecule has 9 heteroatoms. The summed E-state index contributed by atoms with van der Waals surface area (Å²) in [6, 6.07) is 22.9. The molecule has 1 fully saturated rings. The molecular weight excluding hydrogens is 572 g/mol. The topological polar surface area (TPSA) is 79.5 Å². The van der Waals surface area contributed by atoms with Gasteiger partial charge in [-0.2, -0.15) is 0 Å². The molecule has 3 aromatic carbocycles. The molecule has 1 aromatic heterocycles. The number of thiazole rings is 1. The van der Waals surface area contributed by atoms with Crippen LogP contribution in [0.3, 0.4) is 0 Å². The monoisotopic (exact) mass is 592 g/mol. The lowest BCUT2D eigenvalue weighted by Gasteiger charge is -2.29. The number of hydrogen-bond acceptors (Lipinski definition) is 6. The van der Waals surface area contributed by atoms with Crippen molar-refractivity contribution in [3.05, 3.63) is 109 Å². The number of carbonyl (C=O) groups is 2. The van der Waals surface area contributed by atoms with E-state index in [0.29, 0.717) is 23.1 Å². The molecule has 1 saturated heterocycles. The highest BCUT2D eigenvalue weighted by Gasteiger charge is 2.56. The van der Waals surface area contributed by atoms with Crippen molar-refractivity contribution < 1.29 is 14.3 Å². The van der Waals surface area contributed by atoms with Gasteiger partial charge < -0.3 is 9.72 Å². The molecule has 6 nitrogen and oxygen atoms in total. The molecule has 37 heavy (non-hydrogen) atoms. The van der Waals surface area contributed by atoms with Gasteiger partial charge in [-0.25, -0.2) is 4.90 Å². The van der Waals surface area contributed by atoms with Gasteiger partial charge in [-0.05, 0) is 54.4 Å². The van der Waals surface area contributed by atoms with E-state index in [1.807, 2.05) is 55.5 Å². The van der Waals surface area contributed by atoms with Crippen molar-refractivity contribution in [1.29, 1.82) is 0 Å². The normalized spacial score (nSPS) is 20.6. The molecule has 2 amide bonds. The Kier molecular flexibility index (Phi) is 6.30. The molecule has 0 spiro atoms. The number of H-pyrrole nitrogens is 1. The predicted octanol–water partition coefficient (Wildman–Crippen LogP) is 5.88. The molecule has 1 N–H and O–H groups in total. The smallest absolute Gasteiger partial charge is 0.305 e. The van der Waals surface area contributed by atoms with Gasteiger partial charge in [0.05, 0.1) is 16.6 Å². The molecule has 0 saturated carbocycles. The number of amides is 2. The first-order chi connectivity index (χ1) is 17.9. The molecule has 3 heterocycles. The summed E-state index contributed by atoms with van der Waals surface area (Å²) in [7, 11) is 0. The van der Waals surface area contributed by atoms with Crippen LogP contribution in [-0.2, 0) is 16.2 Å². The summed E-state index contributed by atoms with van der Waals surface area (Å²) in [6.07, 6.45) is 0. The molecule has 0 unspecified atom stereocenters. The largest absolute Gasteiger partial charge is 0.489 e. The van der Waals surface area contributed by atoms with E-state index in [2.05, 4.69) is 33.0 Å². The van der Waals surface area contributed by atoms with Crippen molar-refractivity contribution in [2.45, 2.75) is 29.7 Å². The summed E-state index contributed by atoms with van der Waals surface area (Å²) in [4.78, 5) is 44.3. The molecule has 2 aliphatic rings. The van der Waals surface area contributed by atoms with Crippen LogP contribution in [0.15, 0.2) is 87.1 Å². The lowest BCUT2D eigenvalue weighted by atomic mass is 9.83. The SMILES string of the molecule is Cc1ccc(COc2ccc([C@@H]3c4sc(=O)[nH]c4S[C@H]4C(=O)N(c5ccc(Br)cc5)C(=O)[C@@H]34)cc2)cc1. The molecule has 6 rings (SSSR count). The summed E-state index contributed by atoms with van der Waals surface area (Å²) < 4.78 is 6.83. The third-order valence-electron chi connectivity index (χ3n) is 6.67. The van der Waals surface area contributed by atoms with Crippen LogP contribution in [0.1, 0.15) is 27.5 Å². The fourth-order valence-electron chi connectivity index (χ4n) is 4.84. The Hall–Kier alpha value is -3.14. The second kappa shape index (κ2) is 9.63. The van der Waals surface area contributed by atoms with Crippen LogP contribution in [0.25, 0.3) is 0 Å². The second-order valence-electron chi connectivity index (χ2n) is 9.08. The number of benzene rings is 3. The van der Waals surface area contributed by atoms with Crippen LogP contribution < -0.4 is 14.5 Å². The number of rotatable bonds is 5. The van der Waals surface area contributed by atoms with E-state index in [9.17, 15) is 14.4 Å². The van der Waals surface area contributed by atoms with E-state index in [1.165, 1.54) is 22.2 Å². The number of nitrogens with one attached hydrogen (secondary N) is 1. The number of anilines is 1. The van der Waals surface area contributed by atoms with Gasteiger partial charge in [0.1, 0.15) is 17.6 Å². The fraction of sp³-hybridized carbons (Fsp3) is 0.179. The molecule has 0 aliphatic carbocycles. The first kappa shape index (κ1) is 24.2. The number of fused-ring (bicyclic) bond motifs is 2. The van der Waals surface area contributed by atoms with Gasteiger partial charge >= 0.3 is 4.87 Å². The maximum absolute atomic E-state index is 13.8. The van der Waals surface area contributed by atoms with Gasteiger partial charge in [-0.1, -0.05) is 81.0 Å². The second-order valence-corrected chi connectivity index (χ2v) is 12.2. The highest BCUT2D eigenvalue weighted by Crippen LogP contribution is 2.53. The molecule has 2 aliphatic heterocycles. The standard InChI is InChI=1S/C28H21BrN2O4S2/c1-15-2-4-16(5-3-15)14-35-20-12-6-17(7-13-20)21-22-24(36-25-23(21)37-28(34)30-25)27(33)31(26(22)32)19-10-8-18(29)9-11-19/h2-13,21-22,24H,14H2,1H3,(H,30,34)/t21-,22-,24+/m0/s1. The number of ether oxygens (including phenoxy) is 1. The van der Waals surface area contributed by atoms with Crippen molar-refractivity contribution in [1.82, 2.24) is 4.98 Å². The number of aryl methyl sites for hydroxylation is 1. The van der Waals surface area contributed by atoms with Crippen molar-refractivity contribution in [3.63, 3.8) is 0 Å². The summed E-state index contributed by atoms with van der Waals surface area (Å²) in [6.45, 7) is 2.49. The minimum absolute atomic E-state index is 0.190. The summed E-state index contributed by atoms with van der Waals surface area (Å²) in [5, 5.41) is 0.0520. The number of aromatic nitrogens is 1. The van der Waals surface area contributed by atoms with Crippen molar-refractivity contribution in [2.75, 3.05) is 4.90 Å². The van der Waals surface area contributed by atoms with Crippen molar-refractivity contribution in [2.24, 2.45) is 5.92 Å². The van der Waals surface area contributed by atoms with E-state index >= 15 is 0 Å². The van der Waals surface area contributed by atoms with Crippen molar-refractivity contribution in [3.8, 4) is 5.75 Å². The number of hydrogen-bond donors (Lipinski definition) is 1. The summed E-state index contributed by atoms with van der Waals surface area (Å²) >= 11 is 5.79. The average Bonchev–Trinajstić information content (AvgIpc) is 3.39. The molecule has 0 radical (unpaired) electrons. The predicted molar refractivity (Wildman–Crippen MR) is 149 cm³/mol. The number of thioether (sulfide) groups is 1. The summed E-state index contributed by atoms with van der Waals surface area (Å²) in [5.74, 6) is -0.824. The quantitative estimate of drug-likeness (QED) is 0.293. The highest BCUT2D eigenvalue weighted by molar-refractivity contribution is 9.10. The number of nitrogens with zero attached hydrogens (tertiary/aromatic N) is 1. The number of carbonyl (C=O) groups excluding carboxylic acids is 2. The highest BCUT2D eigenvalue weighted by atomic mass is 79.9. The van der Waals surface area contributed by atoms with Gasteiger partial charge in [0, 0.05) is 15.3 Å². The first-order valence-electron chi connectivity index (χ1n) is 11.7. The molecule has 4 aromatic rings. The van der Waals surface area contributed by atoms with Gasteiger partial charge in [-0.3, -0.25) is 14.4 Å². The Morgan fingerprint density at radius 3 is 2.32 bits per heavy atom. The third-order valence-corrected chi connectivity index (χ3v) is 9.60. The maximum Gasteiger partial charge on any atom is 0.305 e. The Labute approximate surface area is 229 Å². The van der Waals surface area contributed by atoms with Crippen LogP contribution in [0.2, 0.25) is 0 Å². The van der Waals surface area contributed by atoms with E-state index in [4.69, 9.17) is 4.74 Å². The number of halogens is 1. The zero-order valence-electron chi connectivity index (χ0n) is 19.6. The van der Waals surface area contributed by atoms with Gasteiger partial charge in [0.2, 0.25) is 11.8 Å². The van der Waals surface area contributed by atoms with E-state index in [1.54, 1.807) is 12.1 Å². The van der Waals surface area contributed by atoms with Crippen LogP contribution in [0.4, 0.5) is 5.69 Å². The van der Waals surface area contributed by atoms with Gasteiger partial charge in [-0.15, -0.1) is 0 Å². The molecule has 3 atom stereocenters. The Morgan fingerprint density at radius 2 is 1.62 bits per heavy atom. The third kappa shape index (κ3) is 4.45. The Balaban J connectivity index is 1.32. The number of imide groups is 1. The van der Waals surface area contributed by atoms with Crippen LogP contribution in [0.5, 0.6) is 5.75 Å². The lowest BCUT2D eigenvalue weighted by molar-refractivity contribution is -0.122. The van der Waals surface area contributed by atoms with Crippen LogP contribution >= 0.6 is 39.0 Å². The average molecular weight is 594 g/mol. The zero-order chi connectivity index (χ0) is 25.7. The van der Waals surface area contributed by atoms with Crippen molar-refractivity contribution >= 4 is 56.5 Å². The molecular formula is C28H21BrN2O4S2. The minimum Gasteiger partial charge on any atom is -0.489 e. The number of aromatic amines is 1. The van der Waals surface area contributed by atoms with Crippen LogP contribution in [0, 0.1) is 12.8 Å². The van der Waals surface area contributed by atoms with Crippen LogP contribution in [-0.4, -0.2) is 22.0 Å². The maximum atomic E-state index is 13.8. The van der Waals surface area contributed by atoms with Gasteiger partial charge in [0.15, 0.2) is 0 Å². The molecule has 0 bridgehead atoms. The lowest BCUT2D eigenvalue weighted by Crippen LogP contribution is -2.32. The first-order valence-corrected chi connectivity index (χ1v) is 14.2. The Morgan fingerprint density at radius 1 is 0.919 bits per heavy atom. The van der Waals surface area contributed by atoms with Gasteiger partial charge in [0.25, 0.3) is 0 Å². The minimum atomic E-state index is -0.614.